The fraction of sp³-hybridized carbons (Fsp3) is 0.364. The summed E-state index contributed by atoms with van der Waals surface area (Å²) in [5, 5.41) is 5.94. The van der Waals surface area contributed by atoms with Gasteiger partial charge in [0.15, 0.2) is 5.11 Å². The molecule has 156 valence electrons. The Balaban J connectivity index is 1.97. The highest BCUT2D eigenvalue weighted by molar-refractivity contribution is 9.10. The molecule has 0 aromatic heterocycles. The SMILES string of the molecule is CCCCOc1ccc(C(=O)NC(=S)Nc2ccccc2OCC(C)C)cc1Br. The molecule has 0 aliphatic rings. The number of rotatable bonds is 9. The van der Waals surface area contributed by atoms with E-state index in [0.717, 1.165) is 17.3 Å². The van der Waals surface area contributed by atoms with E-state index < -0.39 is 0 Å². The minimum atomic E-state index is -0.302. The Bertz CT molecular complexity index is 843. The van der Waals surface area contributed by atoms with Crippen molar-refractivity contribution in [2.24, 2.45) is 5.92 Å². The van der Waals surface area contributed by atoms with Gasteiger partial charge >= 0.3 is 0 Å². The van der Waals surface area contributed by atoms with Crippen molar-refractivity contribution in [3.8, 4) is 11.5 Å². The third-order valence-electron chi connectivity index (χ3n) is 3.88. The van der Waals surface area contributed by atoms with Crippen LogP contribution in [0.4, 0.5) is 5.69 Å². The summed E-state index contributed by atoms with van der Waals surface area (Å²) in [6.45, 7) is 7.52. The molecular weight excluding hydrogens is 452 g/mol. The number of nitrogens with one attached hydrogen (secondary N) is 2. The van der Waals surface area contributed by atoms with Gasteiger partial charge in [0.25, 0.3) is 5.91 Å². The molecule has 0 fully saturated rings. The highest BCUT2D eigenvalue weighted by Gasteiger charge is 2.12. The smallest absolute Gasteiger partial charge is 0.257 e. The van der Waals surface area contributed by atoms with E-state index in [0.29, 0.717) is 41.9 Å². The number of hydrogen-bond donors (Lipinski definition) is 2. The maximum absolute atomic E-state index is 12.5. The Labute approximate surface area is 186 Å². The predicted octanol–water partition coefficient (Wildman–Crippen LogP) is 5.79. The molecule has 0 unspecified atom stereocenters. The molecule has 1 amide bonds. The molecule has 2 aromatic rings. The number of benzene rings is 2. The molecule has 0 heterocycles. The van der Waals surface area contributed by atoms with Crippen LogP contribution in [-0.4, -0.2) is 24.2 Å². The minimum Gasteiger partial charge on any atom is -0.492 e. The largest absolute Gasteiger partial charge is 0.492 e. The molecule has 0 saturated carbocycles. The van der Waals surface area contributed by atoms with Crippen LogP contribution in [0.15, 0.2) is 46.9 Å². The van der Waals surface area contributed by atoms with E-state index in [1.54, 1.807) is 18.2 Å². The average molecular weight is 479 g/mol. The summed E-state index contributed by atoms with van der Waals surface area (Å²) >= 11 is 8.76. The molecule has 29 heavy (non-hydrogen) atoms. The number of carbonyl (C=O) groups is 1. The molecule has 0 atom stereocenters. The number of halogens is 1. The van der Waals surface area contributed by atoms with Gasteiger partial charge in [-0.05, 0) is 70.8 Å². The molecule has 0 bridgehead atoms. The van der Waals surface area contributed by atoms with E-state index in [1.807, 2.05) is 24.3 Å². The van der Waals surface area contributed by atoms with Gasteiger partial charge in [-0.2, -0.15) is 0 Å². The summed E-state index contributed by atoms with van der Waals surface area (Å²) in [5.41, 5.74) is 1.19. The van der Waals surface area contributed by atoms with E-state index in [2.05, 4.69) is 47.3 Å². The first-order valence-corrected chi connectivity index (χ1v) is 10.9. The molecule has 5 nitrogen and oxygen atoms in total. The number of unbranched alkanes of at least 4 members (excludes halogenated alkanes) is 1. The minimum absolute atomic E-state index is 0.204. The predicted molar refractivity (Wildman–Crippen MR) is 125 cm³/mol. The van der Waals surface area contributed by atoms with Crippen molar-refractivity contribution in [3.05, 3.63) is 52.5 Å². The number of amides is 1. The normalized spacial score (nSPS) is 10.5. The second-order valence-electron chi connectivity index (χ2n) is 6.96. The van der Waals surface area contributed by atoms with E-state index in [9.17, 15) is 4.79 Å². The number of anilines is 1. The first kappa shape index (κ1) is 23.2. The maximum Gasteiger partial charge on any atom is 0.257 e. The van der Waals surface area contributed by atoms with Crippen LogP contribution in [0.1, 0.15) is 44.0 Å². The average Bonchev–Trinajstić information content (AvgIpc) is 2.68. The van der Waals surface area contributed by atoms with E-state index in [-0.39, 0.29) is 11.0 Å². The van der Waals surface area contributed by atoms with Gasteiger partial charge in [-0.15, -0.1) is 0 Å². The lowest BCUT2D eigenvalue weighted by molar-refractivity contribution is 0.0977. The summed E-state index contributed by atoms with van der Waals surface area (Å²) in [4.78, 5) is 12.5. The quantitative estimate of drug-likeness (QED) is 0.352. The van der Waals surface area contributed by atoms with Crippen molar-refractivity contribution in [1.82, 2.24) is 5.32 Å². The Morgan fingerprint density at radius 1 is 1.14 bits per heavy atom. The zero-order valence-corrected chi connectivity index (χ0v) is 19.4. The van der Waals surface area contributed by atoms with Gasteiger partial charge in [-0.3, -0.25) is 10.1 Å². The van der Waals surface area contributed by atoms with Gasteiger partial charge in [0.2, 0.25) is 0 Å². The molecule has 0 aliphatic heterocycles. The monoisotopic (exact) mass is 478 g/mol. The van der Waals surface area contributed by atoms with Crippen LogP contribution >= 0.6 is 28.1 Å². The number of ether oxygens (including phenoxy) is 2. The maximum atomic E-state index is 12.5. The summed E-state index contributed by atoms with van der Waals surface area (Å²) in [7, 11) is 0. The summed E-state index contributed by atoms with van der Waals surface area (Å²) < 4.78 is 12.2. The number of thiocarbonyl (C=S) groups is 1. The second kappa shape index (κ2) is 11.8. The standard InChI is InChI=1S/C22H27BrN2O3S/c1-4-5-12-27-19-11-10-16(13-17(19)23)21(26)25-22(29)24-18-8-6-7-9-20(18)28-14-15(2)3/h6-11,13,15H,4-5,12,14H2,1-3H3,(H2,24,25,26,29). The van der Waals surface area contributed by atoms with Crippen LogP contribution < -0.4 is 20.1 Å². The molecule has 0 radical (unpaired) electrons. The van der Waals surface area contributed by atoms with Crippen molar-refractivity contribution in [1.29, 1.82) is 0 Å². The van der Waals surface area contributed by atoms with Crippen molar-refractivity contribution >= 4 is 44.9 Å². The Morgan fingerprint density at radius 3 is 2.59 bits per heavy atom. The van der Waals surface area contributed by atoms with E-state index >= 15 is 0 Å². The molecule has 2 aromatic carbocycles. The van der Waals surface area contributed by atoms with Crippen molar-refractivity contribution < 1.29 is 14.3 Å². The molecule has 2 rings (SSSR count). The highest BCUT2D eigenvalue weighted by Crippen LogP contribution is 2.27. The lowest BCUT2D eigenvalue weighted by Gasteiger charge is -2.15. The lowest BCUT2D eigenvalue weighted by atomic mass is 10.2. The van der Waals surface area contributed by atoms with Crippen LogP contribution in [0, 0.1) is 5.92 Å². The summed E-state index contributed by atoms with van der Waals surface area (Å²) in [5.74, 6) is 1.51. The van der Waals surface area contributed by atoms with Gasteiger partial charge in [0, 0.05) is 5.56 Å². The van der Waals surface area contributed by atoms with E-state index in [4.69, 9.17) is 21.7 Å². The molecule has 7 heteroatoms. The molecule has 0 saturated heterocycles. The third-order valence-corrected chi connectivity index (χ3v) is 4.71. The van der Waals surface area contributed by atoms with Crippen molar-refractivity contribution in [2.45, 2.75) is 33.6 Å². The number of para-hydroxylation sites is 2. The van der Waals surface area contributed by atoms with Gasteiger partial charge in [0.05, 0.1) is 23.4 Å². The fourth-order valence-corrected chi connectivity index (χ4v) is 3.06. The third kappa shape index (κ3) is 7.66. The van der Waals surface area contributed by atoms with Crippen LogP contribution in [-0.2, 0) is 0 Å². The summed E-state index contributed by atoms with van der Waals surface area (Å²) in [6.07, 6.45) is 2.05. The Hall–Kier alpha value is -2.12. The topological polar surface area (TPSA) is 59.6 Å². The first-order valence-electron chi connectivity index (χ1n) is 9.67. The van der Waals surface area contributed by atoms with Crippen LogP contribution in [0.5, 0.6) is 11.5 Å². The summed E-state index contributed by atoms with van der Waals surface area (Å²) in [6, 6.07) is 12.7. The number of carbonyl (C=O) groups excluding carboxylic acids is 1. The van der Waals surface area contributed by atoms with Gasteiger partial charge in [-0.1, -0.05) is 39.3 Å². The second-order valence-corrected chi connectivity index (χ2v) is 8.22. The molecule has 2 N–H and O–H groups in total. The first-order chi connectivity index (χ1) is 13.9. The highest BCUT2D eigenvalue weighted by atomic mass is 79.9. The van der Waals surface area contributed by atoms with Crippen LogP contribution in [0.2, 0.25) is 0 Å². The Kier molecular flexibility index (Phi) is 9.41. The molecule has 0 spiro atoms. The van der Waals surface area contributed by atoms with Crippen LogP contribution in [0.3, 0.4) is 0 Å². The van der Waals surface area contributed by atoms with Gasteiger partial charge in [0.1, 0.15) is 11.5 Å². The Morgan fingerprint density at radius 2 is 1.90 bits per heavy atom. The zero-order valence-electron chi connectivity index (χ0n) is 17.0. The lowest BCUT2D eigenvalue weighted by Crippen LogP contribution is -2.34. The van der Waals surface area contributed by atoms with Crippen molar-refractivity contribution in [2.75, 3.05) is 18.5 Å². The van der Waals surface area contributed by atoms with Gasteiger partial charge in [-0.25, -0.2) is 0 Å². The molecule has 0 aliphatic carbocycles. The fourth-order valence-electron chi connectivity index (χ4n) is 2.37. The molecular formula is C22H27BrN2O3S. The zero-order chi connectivity index (χ0) is 21.2. The number of hydrogen-bond acceptors (Lipinski definition) is 4. The van der Waals surface area contributed by atoms with Gasteiger partial charge < -0.3 is 14.8 Å². The van der Waals surface area contributed by atoms with E-state index in [1.165, 1.54) is 0 Å². The van der Waals surface area contributed by atoms with Crippen LogP contribution in [0.25, 0.3) is 0 Å². The van der Waals surface area contributed by atoms with Crippen molar-refractivity contribution in [3.63, 3.8) is 0 Å².